The highest BCUT2D eigenvalue weighted by Gasteiger charge is 2.13. The van der Waals surface area contributed by atoms with Crippen LogP contribution in [0.1, 0.15) is 36.7 Å². The summed E-state index contributed by atoms with van der Waals surface area (Å²) >= 11 is 0. The smallest absolute Gasteiger partial charge is 0.335 e. The van der Waals surface area contributed by atoms with E-state index in [-0.39, 0.29) is 11.0 Å². The van der Waals surface area contributed by atoms with Gasteiger partial charge in [-0.1, -0.05) is 32.9 Å². The molecule has 0 heterocycles. The maximum Gasteiger partial charge on any atom is 0.335 e. The fraction of sp³-hybridized carbons (Fsp3) is 0.235. The summed E-state index contributed by atoms with van der Waals surface area (Å²) < 4.78 is 0. The molecule has 110 valence electrons. The van der Waals surface area contributed by atoms with Crippen molar-refractivity contribution in [2.24, 2.45) is 0 Å². The SMILES string of the molecule is CC(C)(C)c1ccc(Nc2cc(C(=O)O)ccc2N)cc1. The maximum absolute atomic E-state index is 11.0. The highest BCUT2D eigenvalue weighted by Crippen LogP contribution is 2.27. The third kappa shape index (κ3) is 3.54. The molecule has 21 heavy (non-hydrogen) atoms. The van der Waals surface area contributed by atoms with Crippen molar-refractivity contribution in [3.8, 4) is 0 Å². The number of hydrogen-bond donors (Lipinski definition) is 3. The molecule has 0 radical (unpaired) electrons. The summed E-state index contributed by atoms with van der Waals surface area (Å²) in [4.78, 5) is 11.0. The molecule has 0 atom stereocenters. The molecule has 0 aliphatic carbocycles. The number of rotatable bonds is 3. The number of carbonyl (C=O) groups is 1. The third-order valence-electron chi connectivity index (χ3n) is 3.33. The lowest BCUT2D eigenvalue weighted by atomic mass is 9.87. The highest BCUT2D eigenvalue weighted by molar-refractivity contribution is 5.91. The molecule has 2 rings (SSSR count). The number of nitrogens with two attached hydrogens (primary N) is 1. The number of carboxylic acids is 1. The van der Waals surface area contributed by atoms with E-state index in [1.165, 1.54) is 17.7 Å². The molecular weight excluding hydrogens is 264 g/mol. The number of anilines is 3. The van der Waals surface area contributed by atoms with Gasteiger partial charge in [0.1, 0.15) is 0 Å². The molecule has 0 spiro atoms. The van der Waals surface area contributed by atoms with Crippen LogP contribution in [0.3, 0.4) is 0 Å². The van der Waals surface area contributed by atoms with Gasteiger partial charge < -0.3 is 16.2 Å². The first-order chi connectivity index (χ1) is 9.77. The van der Waals surface area contributed by atoms with Gasteiger partial charge in [0.15, 0.2) is 0 Å². The topological polar surface area (TPSA) is 75.3 Å². The van der Waals surface area contributed by atoms with E-state index in [0.29, 0.717) is 11.4 Å². The number of aromatic carboxylic acids is 1. The van der Waals surface area contributed by atoms with Crippen LogP contribution in [0.2, 0.25) is 0 Å². The van der Waals surface area contributed by atoms with Crippen LogP contribution in [-0.4, -0.2) is 11.1 Å². The van der Waals surface area contributed by atoms with E-state index in [4.69, 9.17) is 10.8 Å². The van der Waals surface area contributed by atoms with Gasteiger partial charge in [0.2, 0.25) is 0 Å². The Hall–Kier alpha value is -2.49. The third-order valence-corrected chi connectivity index (χ3v) is 3.33. The Morgan fingerprint density at radius 1 is 1.10 bits per heavy atom. The fourth-order valence-corrected chi connectivity index (χ4v) is 2.01. The minimum atomic E-state index is -0.971. The lowest BCUT2D eigenvalue weighted by Gasteiger charge is -2.19. The predicted octanol–water partition coefficient (Wildman–Crippen LogP) is 4.01. The second-order valence-electron chi connectivity index (χ2n) is 6.06. The Morgan fingerprint density at radius 3 is 2.24 bits per heavy atom. The van der Waals surface area contributed by atoms with Gasteiger partial charge in [0, 0.05) is 5.69 Å². The molecule has 4 heteroatoms. The largest absolute Gasteiger partial charge is 0.478 e. The van der Waals surface area contributed by atoms with Gasteiger partial charge in [-0.15, -0.1) is 0 Å². The molecule has 0 unspecified atom stereocenters. The van der Waals surface area contributed by atoms with Crippen LogP contribution < -0.4 is 11.1 Å². The molecule has 0 saturated carbocycles. The molecule has 4 N–H and O–H groups in total. The fourth-order valence-electron chi connectivity index (χ4n) is 2.01. The maximum atomic E-state index is 11.0. The van der Waals surface area contributed by atoms with Gasteiger partial charge >= 0.3 is 5.97 Å². The second-order valence-corrected chi connectivity index (χ2v) is 6.06. The van der Waals surface area contributed by atoms with Gasteiger partial charge in [-0.05, 0) is 41.3 Å². The highest BCUT2D eigenvalue weighted by atomic mass is 16.4. The normalized spacial score (nSPS) is 11.2. The average molecular weight is 284 g/mol. The van der Waals surface area contributed by atoms with Crippen LogP contribution in [0.4, 0.5) is 17.1 Å². The summed E-state index contributed by atoms with van der Waals surface area (Å²) in [7, 11) is 0. The summed E-state index contributed by atoms with van der Waals surface area (Å²) in [6.45, 7) is 6.47. The van der Waals surface area contributed by atoms with Crippen molar-refractivity contribution < 1.29 is 9.90 Å². The molecule has 0 aliphatic heterocycles. The molecule has 2 aromatic carbocycles. The Balaban J connectivity index is 2.26. The Bertz CT molecular complexity index is 655. The molecule has 4 nitrogen and oxygen atoms in total. The number of benzene rings is 2. The van der Waals surface area contributed by atoms with Crippen LogP contribution in [0, 0.1) is 0 Å². The van der Waals surface area contributed by atoms with Crippen molar-refractivity contribution in [1.29, 1.82) is 0 Å². The quantitative estimate of drug-likeness (QED) is 0.744. The van der Waals surface area contributed by atoms with Crippen molar-refractivity contribution in [1.82, 2.24) is 0 Å². The van der Waals surface area contributed by atoms with E-state index in [9.17, 15) is 4.79 Å². The Morgan fingerprint density at radius 2 is 1.71 bits per heavy atom. The molecule has 0 fully saturated rings. The van der Waals surface area contributed by atoms with Crippen LogP contribution in [0.15, 0.2) is 42.5 Å². The van der Waals surface area contributed by atoms with E-state index in [1.807, 2.05) is 12.1 Å². The van der Waals surface area contributed by atoms with Crippen LogP contribution in [-0.2, 0) is 5.41 Å². The van der Waals surface area contributed by atoms with Gasteiger partial charge in [-0.25, -0.2) is 4.79 Å². The van der Waals surface area contributed by atoms with Gasteiger partial charge in [0.05, 0.1) is 16.9 Å². The van der Waals surface area contributed by atoms with Crippen molar-refractivity contribution in [3.63, 3.8) is 0 Å². The lowest BCUT2D eigenvalue weighted by molar-refractivity contribution is 0.0697. The van der Waals surface area contributed by atoms with E-state index >= 15 is 0 Å². The first kappa shape index (κ1) is 14.9. The molecule has 0 bridgehead atoms. The molecule has 2 aromatic rings. The van der Waals surface area contributed by atoms with Gasteiger partial charge in [0.25, 0.3) is 0 Å². The molecule has 0 aromatic heterocycles. The molecule has 0 saturated heterocycles. The zero-order valence-electron chi connectivity index (χ0n) is 12.5. The van der Waals surface area contributed by atoms with Crippen LogP contribution >= 0.6 is 0 Å². The van der Waals surface area contributed by atoms with Gasteiger partial charge in [-0.3, -0.25) is 0 Å². The minimum Gasteiger partial charge on any atom is -0.478 e. The zero-order chi connectivity index (χ0) is 15.6. The van der Waals surface area contributed by atoms with Crippen LogP contribution in [0.5, 0.6) is 0 Å². The molecule has 0 amide bonds. The molecule has 0 aliphatic rings. The Kier molecular flexibility index (Phi) is 3.89. The first-order valence-electron chi connectivity index (χ1n) is 6.78. The number of nitrogen functional groups attached to an aromatic ring is 1. The van der Waals surface area contributed by atoms with E-state index in [1.54, 1.807) is 6.07 Å². The Labute approximate surface area is 124 Å². The zero-order valence-corrected chi connectivity index (χ0v) is 12.5. The first-order valence-corrected chi connectivity index (χ1v) is 6.78. The molecular formula is C17H20N2O2. The van der Waals surface area contributed by atoms with Crippen molar-refractivity contribution in [3.05, 3.63) is 53.6 Å². The predicted molar refractivity (Wildman–Crippen MR) is 86.2 cm³/mol. The number of nitrogens with one attached hydrogen (secondary N) is 1. The van der Waals surface area contributed by atoms with Crippen molar-refractivity contribution >= 4 is 23.0 Å². The number of hydrogen-bond acceptors (Lipinski definition) is 3. The monoisotopic (exact) mass is 284 g/mol. The van der Waals surface area contributed by atoms with E-state index in [0.717, 1.165) is 5.69 Å². The van der Waals surface area contributed by atoms with Crippen molar-refractivity contribution in [2.75, 3.05) is 11.1 Å². The van der Waals surface area contributed by atoms with Crippen molar-refractivity contribution in [2.45, 2.75) is 26.2 Å². The summed E-state index contributed by atoms with van der Waals surface area (Å²) in [5.74, 6) is -0.971. The average Bonchev–Trinajstić information content (AvgIpc) is 2.40. The second kappa shape index (κ2) is 5.48. The van der Waals surface area contributed by atoms with Crippen LogP contribution in [0.25, 0.3) is 0 Å². The number of carboxylic acid groups (broad SMARTS) is 1. The summed E-state index contributed by atoms with van der Waals surface area (Å²) in [5, 5.41) is 12.2. The van der Waals surface area contributed by atoms with E-state index < -0.39 is 5.97 Å². The summed E-state index contributed by atoms with van der Waals surface area (Å²) in [6.07, 6.45) is 0. The van der Waals surface area contributed by atoms with E-state index in [2.05, 4.69) is 38.2 Å². The van der Waals surface area contributed by atoms with Gasteiger partial charge in [-0.2, -0.15) is 0 Å². The summed E-state index contributed by atoms with van der Waals surface area (Å²) in [5.41, 5.74) is 9.40. The lowest BCUT2D eigenvalue weighted by Crippen LogP contribution is -2.10. The standard InChI is InChI=1S/C17H20N2O2/c1-17(2,3)12-5-7-13(8-6-12)19-15-10-11(16(20)21)4-9-14(15)18/h4-10,19H,18H2,1-3H3,(H,20,21). The minimum absolute atomic E-state index is 0.0980. The summed E-state index contributed by atoms with van der Waals surface area (Å²) in [6, 6.07) is 12.7.